The number of ether oxygens (including phenoxy) is 2. The van der Waals surface area contributed by atoms with Crippen LogP contribution in [0.2, 0.25) is 0 Å². The van der Waals surface area contributed by atoms with Gasteiger partial charge in [-0.25, -0.2) is 0 Å². The van der Waals surface area contributed by atoms with E-state index in [2.05, 4.69) is 33.6 Å². The van der Waals surface area contributed by atoms with Crippen molar-refractivity contribution in [2.24, 2.45) is 10.4 Å². The second-order valence-electron chi connectivity index (χ2n) is 5.53. The van der Waals surface area contributed by atoms with E-state index in [4.69, 9.17) is 0 Å². The highest BCUT2D eigenvalue weighted by molar-refractivity contribution is 8.14. The Morgan fingerprint density at radius 1 is 1.25 bits per heavy atom. The molecule has 2 aliphatic heterocycles. The van der Waals surface area contributed by atoms with Gasteiger partial charge in [0.2, 0.25) is 0 Å². The average Bonchev–Trinajstić information content (AvgIpc) is 2.65. The van der Waals surface area contributed by atoms with Crippen LogP contribution in [0.1, 0.15) is 13.8 Å². The third-order valence-corrected chi connectivity index (χ3v) is 4.33. The van der Waals surface area contributed by atoms with Gasteiger partial charge in [-0.3, -0.25) is 4.99 Å². The monoisotopic (exact) mass is 300 g/mol. The van der Waals surface area contributed by atoms with E-state index in [0.717, 1.165) is 17.5 Å². The Morgan fingerprint density at radius 3 is 2.70 bits per heavy atom. The number of anilines is 1. The lowest BCUT2D eigenvalue weighted by molar-refractivity contribution is -0.286. The maximum absolute atomic E-state index is 12.9. The number of rotatable bonds is 1. The van der Waals surface area contributed by atoms with E-state index in [9.17, 15) is 8.78 Å². The molecule has 2 aliphatic rings. The number of alkyl halides is 2. The number of benzene rings is 1. The lowest BCUT2D eigenvalue weighted by Crippen LogP contribution is -2.27. The summed E-state index contributed by atoms with van der Waals surface area (Å²) in [7, 11) is 0. The summed E-state index contributed by atoms with van der Waals surface area (Å²) in [6, 6.07) is 4.60. The van der Waals surface area contributed by atoms with Crippen molar-refractivity contribution in [1.82, 2.24) is 0 Å². The van der Waals surface area contributed by atoms with E-state index in [-0.39, 0.29) is 16.9 Å². The molecule has 0 saturated heterocycles. The van der Waals surface area contributed by atoms with Crippen molar-refractivity contribution in [3.05, 3.63) is 18.2 Å². The summed E-state index contributed by atoms with van der Waals surface area (Å²) in [5.74, 6) is 1.03. The Balaban J connectivity index is 1.73. The topological polar surface area (TPSA) is 42.9 Å². The summed E-state index contributed by atoms with van der Waals surface area (Å²) >= 11 is 1.62. The molecule has 0 fully saturated rings. The molecule has 0 bridgehead atoms. The average molecular weight is 300 g/mol. The van der Waals surface area contributed by atoms with Crippen LogP contribution in [0, 0.1) is 5.41 Å². The van der Waals surface area contributed by atoms with Gasteiger partial charge >= 0.3 is 6.29 Å². The molecule has 0 atom stereocenters. The molecule has 0 amide bonds. The van der Waals surface area contributed by atoms with Crippen LogP contribution in [-0.4, -0.2) is 23.8 Å². The van der Waals surface area contributed by atoms with Crippen LogP contribution in [0.4, 0.5) is 14.5 Å². The number of nitrogens with zero attached hydrogens (tertiary/aromatic N) is 1. The molecule has 0 saturated carbocycles. The highest BCUT2D eigenvalue weighted by Gasteiger charge is 2.43. The van der Waals surface area contributed by atoms with E-state index in [0.29, 0.717) is 5.69 Å². The lowest BCUT2D eigenvalue weighted by atomic mass is 9.97. The maximum Gasteiger partial charge on any atom is 0.586 e. The van der Waals surface area contributed by atoms with Crippen molar-refractivity contribution in [1.29, 1.82) is 0 Å². The van der Waals surface area contributed by atoms with Gasteiger partial charge < -0.3 is 14.8 Å². The number of amidine groups is 1. The van der Waals surface area contributed by atoms with Crippen LogP contribution in [0.3, 0.4) is 0 Å². The SMILES string of the molecule is CC1(C)CN=C(Nc2ccc3c(c2)OC(F)(F)O3)SC1. The maximum atomic E-state index is 12.9. The minimum atomic E-state index is -3.58. The molecule has 1 aromatic carbocycles. The van der Waals surface area contributed by atoms with Crippen molar-refractivity contribution in [3.8, 4) is 11.5 Å². The molecule has 0 spiro atoms. The molecule has 0 unspecified atom stereocenters. The zero-order valence-electron chi connectivity index (χ0n) is 11.1. The van der Waals surface area contributed by atoms with Gasteiger partial charge in [-0.2, -0.15) is 0 Å². The first-order valence-electron chi connectivity index (χ1n) is 6.17. The van der Waals surface area contributed by atoms with Gasteiger partial charge in [0.15, 0.2) is 16.7 Å². The van der Waals surface area contributed by atoms with Gasteiger partial charge in [0.25, 0.3) is 0 Å². The number of hydrogen-bond acceptors (Lipinski definition) is 5. The summed E-state index contributed by atoms with van der Waals surface area (Å²) in [5.41, 5.74) is 0.836. The molecule has 1 N–H and O–H groups in total. The summed E-state index contributed by atoms with van der Waals surface area (Å²) in [6.45, 7) is 5.05. The highest BCUT2D eigenvalue weighted by Crippen LogP contribution is 2.42. The second kappa shape index (κ2) is 4.51. The first kappa shape index (κ1) is 13.5. The molecule has 2 heterocycles. The van der Waals surface area contributed by atoms with Crippen molar-refractivity contribution in [2.75, 3.05) is 17.6 Å². The number of thioether (sulfide) groups is 1. The third kappa shape index (κ3) is 2.82. The Kier molecular flexibility index (Phi) is 3.04. The van der Waals surface area contributed by atoms with Gasteiger partial charge in [0, 0.05) is 24.1 Å². The normalized spacial score (nSPS) is 22.3. The van der Waals surface area contributed by atoms with Gasteiger partial charge in [0.05, 0.1) is 0 Å². The zero-order valence-corrected chi connectivity index (χ0v) is 11.9. The number of nitrogens with one attached hydrogen (secondary N) is 1. The fourth-order valence-corrected chi connectivity index (χ4v) is 2.83. The minimum Gasteiger partial charge on any atom is -0.395 e. The number of fused-ring (bicyclic) bond motifs is 1. The van der Waals surface area contributed by atoms with Crippen LogP contribution in [0.5, 0.6) is 11.5 Å². The van der Waals surface area contributed by atoms with E-state index < -0.39 is 6.29 Å². The Bertz CT molecular complexity index is 575. The molecule has 3 rings (SSSR count). The smallest absolute Gasteiger partial charge is 0.395 e. The molecule has 7 heteroatoms. The van der Waals surface area contributed by atoms with E-state index in [1.165, 1.54) is 12.1 Å². The Morgan fingerprint density at radius 2 is 2.00 bits per heavy atom. The molecule has 1 aromatic rings. The summed E-state index contributed by atoms with van der Waals surface area (Å²) in [5, 5.41) is 3.90. The van der Waals surface area contributed by atoms with Crippen LogP contribution >= 0.6 is 11.8 Å². The third-order valence-electron chi connectivity index (χ3n) is 2.90. The standard InChI is InChI=1S/C13H14F2N2O2S/c1-12(2)6-16-11(20-7-12)17-8-3-4-9-10(5-8)19-13(14,15)18-9/h3-5H,6-7H2,1-2H3,(H,16,17). The predicted octanol–water partition coefficient (Wildman–Crippen LogP) is 3.55. The first-order chi connectivity index (χ1) is 9.33. The molecule has 0 aromatic heterocycles. The predicted molar refractivity (Wildman–Crippen MR) is 74.8 cm³/mol. The molecule has 0 radical (unpaired) electrons. The van der Waals surface area contributed by atoms with Crippen LogP contribution < -0.4 is 14.8 Å². The number of hydrogen-bond donors (Lipinski definition) is 1. The Labute approximate surface area is 119 Å². The molecule has 4 nitrogen and oxygen atoms in total. The lowest BCUT2D eigenvalue weighted by Gasteiger charge is -2.27. The zero-order chi connectivity index (χ0) is 14.4. The molecule has 0 aliphatic carbocycles. The van der Waals surface area contributed by atoms with Crippen molar-refractivity contribution >= 4 is 22.6 Å². The van der Waals surface area contributed by atoms with Crippen molar-refractivity contribution < 1.29 is 18.3 Å². The fourth-order valence-electron chi connectivity index (χ4n) is 1.87. The van der Waals surface area contributed by atoms with Crippen LogP contribution in [0.15, 0.2) is 23.2 Å². The number of halogens is 2. The summed E-state index contributed by atoms with van der Waals surface area (Å²) in [4.78, 5) is 4.45. The Hall–Kier alpha value is -1.50. The minimum absolute atomic E-state index is 0.0294. The summed E-state index contributed by atoms with van der Waals surface area (Å²) in [6.07, 6.45) is -3.58. The van der Waals surface area contributed by atoms with Crippen molar-refractivity contribution in [2.45, 2.75) is 20.1 Å². The molecular weight excluding hydrogens is 286 g/mol. The molecule has 108 valence electrons. The van der Waals surface area contributed by atoms with E-state index in [1.807, 2.05) is 0 Å². The van der Waals surface area contributed by atoms with E-state index >= 15 is 0 Å². The summed E-state index contributed by atoms with van der Waals surface area (Å²) < 4.78 is 34.6. The van der Waals surface area contributed by atoms with Gasteiger partial charge in [-0.15, -0.1) is 8.78 Å². The highest BCUT2D eigenvalue weighted by atomic mass is 32.2. The van der Waals surface area contributed by atoms with Gasteiger partial charge in [-0.1, -0.05) is 25.6 Å². The molecular formula is C13H14F2N2O2S. The van der Waals surface area contributed by atoms with Crippen LogP contribution in [-0.2, 0) is 0 Å². The van der Waals surface area contributed by atoms with Gasteiger partial charge in [-0.05, 0) is 17.5 Å². The van der Waals surface area contributed by atoms with Crippen molar-refractivity contribution in [3.63, 3.8) is 0 Å². The molecule has 20 heavy (non-hydrogen) atoms. The first-order valence-corrected chi connectivity index (χ1v) is 7.16. The quantitative estimate of drug-likeness (QED) is 0.861. The fraction of sp³-hybridized carbons (Fsp3) is 0.462. The van der Waals surface area contributed by atoms with E-state index in [1.54, 1.807) is 17.8 Å². The number of aliphatic imine (C=N–C) groups is 1. The largest absolute Gasteiger partial charge is 0.586 e. The van der Waals surface area contributed by atoms with Crippen LogP contribution in [0.25, 0.3) is 0 Å². The van der Waals surface area contributed by atoms with Gasteiger partial charge in [0.1, 0.15) is 0 Å². The second-order valence-corrected chi connectivity index (χ2v) is 6.49.